The minimum absolute atomic E-state index is 0.0269. The highest BCUT2D eigenvalue weighted by molar-refractivity contribution is 6.31. The minimum Gasteiger partial charge on any atom is -0.395 e. The van der Waals surface area contributed by atoms with Crippen molar-refractivity contribution in [1.82, 2.24) is 9.88 Å². The summed E-state index contributed by atoms with van der Waals surface area (Å²) >= 11 is 6.01. The number of carbonyl (C=O) groups excluding carboxylic acids is 1. The number of halogens is 4. The summed E-state index contributed by atoms with van der Waals surface area (Å²) < 4.78 is 49.7. The number of fused-ring (bicyclic) bond motifs is 3. The highest BCUT2D eigenvalue weighted by Gasteiger charge is 2.43. The number of benzene rings is 3. The molecule has 0 fully saturated rings. The molecule has 2 amide bonds. The second-order valence-electron chi connectivity index (χ2n) is 8.17. The Hall–Kier alpha value is -3.85. The van der Waals surface area contributed by atoms with E-state index in [2.05, 4.69) is 14.5 Å². The van der Waals surface area contributed by atoms with Crippen molar-refractivity contribution in [2.45, 2.75) is 18.9 Å². The van der Waals surface area contributed by atoms with Crippen LogP contribution in [-0.4, -0.2) is 22.2 Å². The van der Waals surface area contributed by atoms with Crippen molar-refractivity contribution in [3.05, 3.63) is 82.3 Å². The van der Waals surface area contributed by atoms with Gasteiger partial charge in [0.25, 0.3) is 0 Å². The maximum absolute atomic E-state index is 13.9. The number of amides is 2. The van der Waals surface area contributed by atoms with Gasteiger partial charge in [0.2, 0.25) is 0 Å². The first-order valence-electron chi connectivity index (χ1n) is 10.3. The van der Waals surface area contributed by atoms with E-state index in [4.69, 9.17) is 17.3 Å². The molecule has 0 saturated heterocycles. The third-order valence-corrected chi connectivity index (χ3v) is 6.45. The molecule has 1 aromatic heterocycles. The lowest BCUT2D eigenvalue weighted by Gasteiger charge is -2.23. The number of rotatable bonds is 2. The Labute approximate surface area is 195 Å². The molecular weight excluding hydrogens is 471 g/mol. The van der Waals surface area contributed by atoms with E-state index in [0.717, 1.165) is 22.3 Å². The molecule has 2 aliphatic rings. The molecule has 0 aliphatic carbocycles. The average molecular weight is 486 g/mol. The lowest BCUT2D eigenvalue weighted by Crippen LogP contribution is -2.34. The highest BCUT2D eigenvalue weighted by atomic mass is 35.5. The zero-order valence-corrected chi connectivity index (χ0v) is 18.0. The SMILES string of the molecule is NC(=O)N1Cc2cc(-c3ccc4c(c3)OC(F)(F)O4)ccc2C1c1c[nH]c2cc(F)c(Cl)cc12. The Morgan fingerprint density at radius 1 is 1.06 bits per heavy atom. The molecule has 10 heteroatoms. The smallest absolute Gasteiger partial charge is 0.395 e. The van der Waals surface area contributed by atoms with Crippen LogP contribution in [0.2, 0.25) is 5.02 Å². The van der Waals surface area contributed by atoms with Gasteiger partial charge < -0.3 is 25.1 Å². The fourth-order valence-corrected chi connectivity index (χ4v) is 4.83. The fraction of sp³-hybridized carbons (Fsp3) is 0.125. The van der Waals surface area contributed by atoms with Crippen LogP contribution >= 0.6 is 11.6 Å². The number of aromatic nitrogens is 1. The van der Waals surface area contributed by atoms with Crippen molar-refractivity contribution in [2.75, 3.05) is 0 Å². The number of nitrogens with two attached hydrogens (primary N) is 1. The van der Waals surface area contributed by atoms with Crippen molar-refractivity contribution < 1.29 is 27.4 Å². The summed E-state index contributed by atoms with van der Waals surface area (Å²) in [5.74, 6) is -0.640. The van der Waals surface area contributed by atoms with Gasteiger partial charge in [0.15, 0.2) is 11.5 Å². The van der Waals surface area contributed by atoms with Gasteiger partial charge >= 0.3 is 12.3 Å². The first-order valence-corrected chi connectivity index (χ1v) is 10.6. The molecular formula is C24H15ClF3N3O3. The Morgan fingerprint density at radius 3 is 2.59 bits per heavy atom. The number of nitrogens with one attached hydrogen (secondary N) is 1. The highest BCUT2D eigenvalue weighted by Crippen LogP contribution is 2.45. The number of nitrogens with zero attached hydrogens (tertiary/aromatic N) is 1. The van der Waals surface area contributed by atoms with E-state index in [1.54, 1.807) is 12.3 Å². The Kier molecular flexibility index (Phi) is 4.31. The van der Waals surface area contributed by atoms with Crippen LogP contribution in [0.15, 0.2) is 54.7 Å². The molecule has 2 aliphatic heterocycles. The number of primary amides is 1. The Morgan fingerprint density at radius 2 is 1.79 bits per heavy atom. The van der Waals surface area contributed by atoms with Gasteiger partial charge in [0.1, 0.15) is 5.82 Å². The van der Waals surface area contributed by atoms with Crippen molar-refractivity contribution in [3.8, 4) is 22.6 Å². The second kappa shape index (κ2) is 7.07. The summed E-state index contributed by atoms with van der Waals surface area (Å²) in [4.78, 5) is 16.9. The molecule has 34 heavy (non-hydrogen) atoms. The number of alkyl halides is 2. The van der Waals surface area contributed by atoms with E-state index >= 15 is 0 Å². The second-order valence-corrected chi connectivity index (χ2v) is 8.57. The molecule has 0 spiro atoms. The standard InChI is InChI=1S/C24H15ClF3N3O3/c25-17-7-15-16(9-30-19(15)8-18(17)26)22-14-3-1-11(5-13(14)10-31(22)23(29)32)12-2-4-20-21(6-12)34-24(27,28)33-20/h1-9,22,30H,10H2,(H2,29,32). The molecule has 0 saturated carbocycles. The Balaban J connectivity index is 1.43. The number of aromatic amines is 1. The lowest BCUT2D eigenvalue weighted by molar-refractivity contribution is -0.286. The van der Waals surface area contributed by atoms with E-state index in [9.17, 15) is 18.0 Å². The van der Waals surface area contributed by atoms with Crippen molar-refractivity contribution in [1.29, 1.82) is 0 Å². The van der Waals surface area contributed by atoms with Gasteiger partial charge in [-0.25, -0.2) is 9.18 Å². The van der Waals surface area contributed by atoms with Gasteiger partial charge in [-0.15, -0.1) is 8.78 Å². The average Bonchev–Trinajstić information content (AvgIpc) is 3.44. The normalized spacial score (nSPS) is 17.9. The van der Waals surface area contributed by atoms with Crippen LogP contribution in [-0.2, 0) is 6.54 Å². The van der Waals surface area contributed by atoms with Crippen LogP contribution in [0.1, 0.15) is 22.7 Å². The molecule has 3 N–H and O–H groups in total. The van der Waals surface area contributed by atoms with Crippen LogP contribution in [0.5, 0.6) is 11.5 Å². The molecule has 0 radical (unpaired) electrons. The monoisotopic (exact) mass is 485 g/mol. The summed E-state index contributed by atoms with van der Waals surface area (Å²) in [6.45, 7) is 0.243. The number of ether oxygens (including phenoxy) is 2. The van der Waals surface area contributed by atoms with Crippen LogP contribution < -0.4 is 15.2 Å². The molecule has 172 valence electrons. The third-order valence-electron chi connectivity index (χ3n) is 6.16. The molecule has 1 unspecified atom stereocenters. The summed E-state index contributed by atoms with van der Waals surface area (Å²) in [6.07, 6.45) is -1.98. The minimum atomic E-state index is -3.70. The number of carbonyl (C=O) groups is 1. The van der Waals surface area contributed by atoms with Crippen LogP contribution in [0, 0.1) is 5.82 Å². The largest absolute Gasteiger partial charge is 0.586 e. The van der Waals surface area contributed by atoms with E-state index < -0.39 is 24.2 Å². The molecule has 3 aromatic carbocycles. The summed E-state index contributed by atoms with van der Waals surface area (Å²) in [6, 6.07) is 11.8. The van der Waals surface area contributed by atoms with Gasteiger partial charge in [-0.05, 0) is 52.6 Å². The lowest BCUT2D eigenvalue weighted by atomic mass is 9.94. The third kappa shape index (κ3) is 3.15. The molecule has 4 aromatic rings. The molecule has 3 heterocycles. The topological polar surface area (TPSA) is 80.6 Å². The number of H-pyrrole nitrogens is 1. The van der Waals surface area contributed by atoms with Crippen LogP contribution in [0.25, 0.3) is 22.0 Å². The van der Waals surface area contributed by atoms with Crippen molar-refractivity contribution in [2.24, 2.45) is 5.73 Å². The molecule has 1 atom stereocenters. The first-order chi connectivity index (χ1) is 16.2. The van der Waals surface area contributed by atoms with E-state index in [-0.39, 0.29) is 23.1 Å². The quantitative estimate of drug-likeness (QED) is 0.369. The van der Waals surface area contributed by atoms with E-state index in [1.807, 2.05) is 18.2 Å². The fourth-order valence-electron chi connectivity index (χ4n) is 4.67. The predicted octanol–water partition coefficient (Wildman–Crippen LogP) is 5.93. The zero-order valence-electron chi connectivity index (χ0n) is 17.2. The van der Waals surface area contributed by atoms with Gasteiger partial charge in [0.05, 0.1) is 11.1 Å². The van der Waals surface area contributed by atoms with Gasteiger partial charge in [-0.3, -0.25) is 0 Å². The van der Waals surface area contributed by atoms with Gasteiger partial charge in [0, 0.05) is 29.2 Å². The Bertz CT molecular complexity index is 1500. The van der Waals surface area contributed by atoms with Crippen LogP contribution in [0.3, 0.4) is 0 Å². The summed E-state index contributed by atoms with van der Waals surface area (Å²) in [7, 11) is 0. The first kappa shape index (κ1) is 20.7. The van der Waals surface area contributed by atoms with Crippen molar-refractivity contribution in [3.63, 3.8) is 0 Å². The summed E-state index contributed by atoms with van der Waals surface area (Å²) in [5, 5.41) is 0.650. The zero-order chi connectivity index (χ0) is 23.8. The number of hydrogen-bond donors (Lipinski definition) is 2. The molecule has 6 nitrogen and oxygen atoms in total. The maximum atomic E-state index is 13.9. The van der Waals surface area contributed by atoms with Gasteiger partial charge in [-0.2, -0.15) is 0 Å². The number of urea groups is 1. The van der Waals surface area contributed by atoms with Crippen molar-refractivity contribution >= 4 is 28.5 Å². The molecule has 6 rings (SSSR count). The van der Waals surface area contributed by atoms with Gasteiger partial charge in [-0.1, -0.05) is 29.8 Å². The van der Waals surface area contributed by atoms with E-state index in [1.165, 1.54) is 29.2 Å². The van der Waals surface area contributed by atoms with E-state index in [0.29, 0.717) is 16.5 Å². The predicted molar refractivity (Wildman–Crippen MR) is 118 cm³/mol. The molecule has 0 bridgehead atoms. The van der Waals surface area contributed by atoms with Crippen LogP contribution in [0.4, 0.5) is 18.0 Å². The number of hydrogen-bond acceptors (Lipinski definition) is 3. The maximum Gasteiger partial charge on any atom is 0.586 e. The summed E-state index contributed by atoms with van der Waals surface area (Å²) in [5.41, 5.74) is 10.0.